The highest BCUT2D eigenvalue weighted by molar-refractivity contribution is 6.30. The van der Waals surface area contributed by atoms with Crippen molar-refractivity contribution in [1.82, 2.24) is 19.9 Å². The number of H-pyrrole nitrogens is 1. The van der Waals surface area contributed by atoms with Crippen LogP contribution >= 0.6 is 11.6 Å². The summed E-state index contributed by atoms with van der Waals surface area (Å²) in [6.07, 6.45) is 2.79. The molecule has 0 radical (unpaired) electrons. The standard InChI is InChI=1S/C30H28ClN5O5/c1-2-41-29(38)26-25(34-27(35-26)23-5-3-4-16-36(23)30(39)40)19-6-8-20(9-7-19)28(37)33-24-17-21(14-15-32-24)18-10-12-22(31)13-11-18/h6-15,17,23H,2-5,16H2,1H3,(H,34,35)(H,39,40)(H,32,33,37). The van der Waals surface area contributed by atoms with Gasteiger partial charge in [-0.25, -0.2) is 19.6 Å². The molecule has 41 heavy (non-hydrogen) atoms. The number of benzene rings is 2. The van der Waals surface area contributed by atoms with Crippen LogP contribution in [-0.2, 0) is 4.74 Å². The lowest BCUT2D eigenvalue weighted by Crippen LogP contribution is -2.38. The SMILES string of the molecule is CCOC(=O)c1[nH]c(C2CCCCN2C(=O)O)nc1-c1ccc(C(=O)Nc2cc(-c3ccc(Cl)cc3)ccn2)cc1. The minimum Gasteiger partial charge on any atom is -0.465 e. The molecule has 3 heterocycles. The average molecular weight is 574 g/mol. The van der Waals surface area contributed by atoms with Crippen molar-refractivity contribution < 1.29 is 24.2 Å². The number of anilines is 1. The van der Waals surface area contributed by atoms with E-state index in [1.807, 2.05) is 18.2 Å². The van der Waals surface area contributed by atoms with Crippen molar-refractivity contribution in [2.24, 2.45) is 0 Å². The maximum atomic E-state index is 13.0. The van der Waals surface area contributed by atoms with Gasteiger partial charge in [0.05, 0.1) is 12.6 Å². The third-order valence-corrected chi connectivity index (χ3v) is 7.12. The smallest absolute Gasteiger partial charge is 0.407 e. The second-order valence-corrected chi connectivity index (χ2v) is 9.96. The third-order valence-electron chi connectivity index (χ3n) is 6.87. The number of carbonyl (C=O) groups excluding carboxylic acids is 2. The molecule has 1 aliphatic rings. The van der Waals surface area contributed by atoms with Crippen LogP contribution < -0.4 is 5.32 Å². The van der Waals surface area contributed by atoms with Gasteiger partial charge in [0, 0.05) is 28.9 Å². The van der Waals surface area contributed by atoms with Gasteiger partial charge in [-0.2, -0.15) is 0 Å². The highest BCUT2D eigenvalue weighted by atomic mass is 35.5. The molecular formula is C30H28ClN5O5. The third kappa shape index (κ3) is 6.22. The van der Waals surface area contributed by atoms with Crippen LogP contribution in [0.2, 0.25) is 5.02 Å². The molecule has 4 aromatic rings. The van der Waals surface area contributed by atoms with Gasteiger partial charge in [0.25, 0.3) is 5.91 Å². The van der Waals surface area contributed by atoms with E-state index in [1.165, 1.54) is 4.90 Å². The fourth-order valence-electron chi connectivity index (χ4n) is 4.84. The van der Waals surface area contributed by atoms with E-state index in [-0.39, 0.29) is 18.2 Å². The van der Waals surface area contributed by atoms with Crippen molar-refractivity contribution in [1.29, 1.82) is 0 Å². The molecule has 1 saturated heterocycles. The van der Waals surface area contributed by atoms with E-state index in [2.05, 4.69) is 20.3 Å². The van der Waals surface area contributed by atoms with Gasteiger partial charge >= 0.3 is 12.1 Å². The molecule has 2 amide bonds. The van der Waals surface area contributed by atoms with E-state index in [0.29, 0.717) is 46.5 Å². The number of carboxylic acid groups (broad SMARTS) is 1. The number of imidazole rings is 1. The van der Waals surface area contributed by atoms with Crippen molar-refractivity contribution >= 4 is 35.4 Å². The molecule has 5 rings (SSSR count). The molecule has 10 nitrogen and oxygen atoms in total. The first kappa shape index (κ1) is 27.9. The number of hydrogen-bond acceptors (Lipinski definition) is 6. The van der Waals surface area contributed by atoms with Gasteiger partial charge < -0.3 is 20.1 Å². The lowest BCUT2D eigenvalue weighted by molar-refractivity contribution is 0.0520. The monoisotopic (exact) mass is 573 g/mol. The number of halogens is 1. The summed E-state index contributed by atoms with van der Waals surface area (Å²) in [5, 5.41) is 13.1. The molecule has 0 aliphatic carbocycles. The Morgan fingerprint density at radius 3 is 2.49 bits per heavy atom. The predicted octanol–water partition coefficient (Wildman–Crippen LogP) is 6.43. The van der Waals surface area contributed by atoms with E-state index in [9.17, 15) is 19.5 Å². The number of pyridine rings is 1. The molecule has 2 aromatic carbocycles. The van der Waals surface area contributed by atoms with Crippen LogP contribution in [0.15, 0.2) is 66.9 Å². The summed E-state index contributed by atoms with van der Waals surface area (Å²) in [5.41, 5.74) is 3.24. The number of aromatic nitrogens is 3. The first-order valence-corrected chi connectivity index (χ1v) is 13.6. The van der Waals surface area contributed by atoms with E-state index >= 15 is 0 Å². The minimum absolute atomic E-state index is 0.137. The maximum absolute atomic E-state index is 13.0. The highest BCUT2D eigenvalue weighted by Crippen LogP contribution is 2.33. The van der Waals surface area contributed by atoms with Gasteiger partial charge in [-0.15, -0.1) is 0 Å². The van der Waals surface area contributed by atoms with Gasteiger partial charge in [-0.05, 0) is 73.7 Å². The molecule has 1 atom stereocenters. The van der Waals surface area contributed by atoms with Crippen LogP contribution in [-0.4, -0.2) is 56.1 Å². The van der Waals surface area contributed by atoms with Crippen LogP contribution in [0.1, 0.15) is 58.9 Å². The summed E-state index contributed by atoms with van der Waals surface area (Å²) in [4.78, 5) is 50.9. The highest BCUT2D eigenvalue weighted by Gasteiger charge is 2.32. The van der Waals surface area contributed by atoms with Gasteiger partial charge in [-0.1, -0.05) is 35.9 Å². The molecule has 0 spiro atoms. The van der Waals surface area contributed by atoms with E-state index in [1.54, 1.807) is 55.6 Å². The van der Waals surface area contributed by atoms with Gasteiger partial charge in [0.1, 0.15) is 17.3 Å². The number of nitrogens with one attached hydrogen (secondary N) is 2. The number of aromatic amines is 1. The number of esters is 1. The topological polar surface area (TPSA) is 138 Å². The van der Waals surface area contributed by atoms with Gasteiger partial charge in [-0.3, -0.25) is 9.69 Å². The minimum atomic E-state index is -1.03. The molecule has 0 saturated carbocycles. The fraction of sp³-hybridized carbons (Fsp3) is 0.233. The van der Waals surface area contributed by atoms with Crippen molar-refractivity contribution in [3.8, 4) is 22.4 Å². The zero-order chi connectivity index (χ0) is 28.9. The lowest BCUT2D eigenvalue weighted by atomic mass is 10.0. The Bertz CT molecular complexity index is 1570. The van der Waals surface area contributed by atoms with Crippen LogP contribution in [0, 0.1) is 0 Å². The first-order chi connectivity index (χ1) is 19.8. The number of carbonyl (C=O) groups is 3. The zero-order valence-electron chi connectivity index (χ0n) is 22.3. The molecule has 0 bridgehead atoms. The second kappa shape index (κ2) is 12.2. The zero-order valence-corrected chi connectivity index (χ0v) is 23.0. The largest absolute Gasteiger partial charge is 0.465 e. The molecule has 11 heteroatoms. The lowest BCUT2D eigenvalue weighted by Gasteiger charge is -2.32. The van der Waals surface area contributed by atoms with E-state index in [0.717, 1.165) is 24.0 Å². The number of hydrogen-bond donors (Lipinski definition) is 3. The number of ether oxygens (including phenoxy) is 1. The first-order valence-electron chi connectivity index (χ1n) is 13.2. The molecule has 1 fully saturated rings. The average Bonchev–Trinajstić information content (AvgIpc) is 3.43. The molecule has 1 aliphatic heterocycles. The normalized spacial score (nSPS) is 14.9. The van der Waals surface area contributed by atoms with Crippen LogP contribution in [0.3, 0.4) is 0 Å². The Balaban J connectivity index is 1.38. The summed E-state index contributed by atoms with van der Waals surface area (Å²) in [6, 6.07) is 17.1. The summed E-state index contributed by atoms with van der Waals surface area (Å²) >= 11 is 5.99. The summed E-state index contributed by atoms with van der Waals surface area (Å²) in [7, 11) is 0. The summed E-state index contributed by atoms with van der Waals surface area (Å²) in [5.74, 6) is -0.167. The number of rotatable bonds is 7. The van der Waals surface area contributed by atoms with Crippen molar-refractivity contribution in [2.45, 2.75) is 32.2 Å². The number of amides is 2. The Labute approximate surface area is 241 Å². The molecular weight excluding hydrogens is 546 g/mol. The molecule has 2 aromatic heterocycles. The van der Waals surface area contributed by atoms with Crippen molar-refractivity contribution in [3.63, 3.8) is 0 Å². The van der Waals surface area contributed by atoms with Crippen molar-refractivity contribution in [2.75, 3.05) is 18.5 Å². The van der Waals surface area contributed by atoms with Crippen LogP contribution in [0.25, 0.3) is 22.4 Å². The van der Waals surface area contributed by atoms with E-state index in [4.69, 9.17) is 16.3 Å². The Morgan fingerprint density at radius 2 is 1.78 bits per heavy atom. The van der Waals surface area contributed by atoms with Gasteiger partial charge in [0.2, 0.25) is 0 Å². The molecule has 210 valence electrons. The summed E-state index contributed by atoms with van der Waals surface area (Å²) < 4.78 is 5.22. The fourth-order valence-corrected chi connectivity index (χ4v) is 4.97. The van der Waals surface area contributed by atoms with Crippen LogP contribution in [0.5, 0.6) is 0 Å². The Kier molecular flexibility index (Phi) is 8.30. The quantitative estimate of drug-likeness (QED) is 0.217. The van der Waals surface area contributed by atoms with Crippen molar-refractivity contribution in [3.05, 3.63) is 89.0 Å². The second-order valence-electron chi connectivity index (χ2n) is 9.52. The van der Waals surface area contributed by atoms with E-state index < -0.39 is 18.1 Å². The Hall–Kier alpha value is -4.70. The summed E-state index contributed by atoms with van der Waals surface area (Å²) in [6.45, 7) is 2.27. The number of likely N-dealkylation sites (tertiary alicyclic amines) is 1. The number of nitrogens with zero attached hydrogens (tertiary/aromatic N) is 3. The van der Waals surface area contributed by atoms with Crippen LogP contribution in [0.4, 0.5) is 10.6 Å². The molecule has 1 unspecified atom stereocenters. The molecule has 3 N–H and O–H groups in total. The number of piperidine rings is 1. The Morgan fingerprint density at radius 1 is 1.05 bits per heavy atom. The predicted molar refractivity (Wildman–Crippen MR) is 154 cm³/mol. The maximum Gasteiger partial charge on any atom is 0.407 e. The van der Waals surface area contributed by atoms with Gasteiger partial charge in [0.15, 0.2) is 5.69 Å².